The van der Waals surface area contributed by atoms with Crippen molar-refractivity contribution in [3.8, 4) is 5.69 Å². The van der Waals surface area contributed by atoms with Crippen LogP contribution in [0.4, 0.5) is 0 Å². The summed E-state index contributed by atoms with van der Waals surface area (Å²) >= 11 is 0. The van der Waals surface area contributed by atoms with E-state index in [4.69, 9.17) is 0 Å². The van der Waals surface area contributed by atoms with Crippen molar-refractivity contribution < 1.29 is 4.79 Å². The van der Waals surface area contributed by atoms with Gasteiger partial charge in [0.25, 0.3) is 5.56 Å². The van der Waals surface area contributed by atoms with Crippen LogP contribution in [0.5, 0.6) is 0 Å². The molecule has 0 radical (unpaired) electrons. The van der Waals surface area contributed by atoms with Crippen LogP contribution in [-0.4, -0.2) is 25.2 Å². The van der Waals surface area contributed by atoms with E-state index in [1.54, 1.807) is 18.3 Å². The van der Waals surface area contributed by atoms with E-state index in [0.717, 1.165) is 22.5 Å². The number of para-hydroxylation sites is 2. The largest absolute Gasteiger partial charge is 0.349 e. The summed E-state index contributed by atoms with van der Waals surface area (Å²) < 4.78 is 3.38. The molecular formula is C24H25N5O2. The zero-order chi connectivity index (χ0) is 22.0. The molecule has 0 aliphatic heterocycles. The summed E-state index contributed by atoms with van der Waals surface area (Å²) in [6, 6.07) is 15.1. The number of nitrogens with zero attached hydrogens (tertiary/aromatic N) is 4. The molecule has 0 saturated carbocycles. The minimum Gasteiger partial charge on any atom is -0.349 e. The van der Waals surface area contributed by atoms with Crippen LogP contribution in [0.3, 0.4) is 0 Å². The minimum atomic E-state index is -0.197. The molecule has 0 fully saturated rings. The first-order valence-corrected chi connectivity index (χ1v) is 10.3. The van der Waals surface area contributed by atoms with Crippen LogP contribution in [-0.2, 0) is 11.3 Å². The maximum atomic E-state index is 12.6. The quantitative estimate of drug-likeness (QED) is 0.523. The molecule has 0 spiro atoms. The summed E-state index contributed by atoms with van der Waals surface area (Å²) in [5.41, 5.74) is 4.61. The van der Waals surface area contributed by atoms with Crippen molar-refractivity contribution in [1.82, 2.24) is 24.6 Å². The van der Waals surface area contributed by atoms with Gasteiger partial charge in [-0.25, -0.2) is 9.67 Å². The number of aromatic nitrogens is 4. The Morgan fingerprint density at radius 2 is 1.84 bits per heavy atom. The number of benzene rings is 2. The summed E-state index contributed by atoms with van der Waals surface area (Å²) in [5.74, 6) is -0.129. The summed E-state index contributed by atoms with van der Waals surface area (Å²) in [4.78, 5) is 29.4. The monoisotopic (exact) mass is 415 g/mol. The Hall–Kier alpha value is -3.74. The van der Waals surface area contributed by atoms with Crippen molar-refractivity contribution in [2.45, 2.75) is 39.8 Å². The molecule has 1 N–H and O–H groups in total. The van der Waals surface area contributed by atoms with Gasteiger partial charge in [-0.15, -0.1) is 0 Å². The number of hydrogen-bond acceptors (Lipinski definition) is 4. The number of carbonyl (C=O) groups is 1. The zero-order valence-electron chi connectivity index (χ0n) is 17.9. The Bertz CT molecular complexity index is 1300. The van der Waals surface area contributed by atoms with Crippen molar-refractivity contribution in [2.75, 3.05) is 0 Å². The van der Waals surface area contributed by atoms with E-state index in [9.17, 15) is 9.59 Å². The van der Waals surface area contributed by atoms with Gasteiger partial charge in [0.05, 0.1) is 35.2 Å². The highest BCUT2D eigenvalue weighted by Gasteiger charge is 2.17. The summed E-state index contributed by atoms with van der Waals surface area (Å²) in [7, 11) is 0. The first-order chi connectivity index (χ1) is 15.0. The van der Waals surface area contributed by atoms with Crippen LogP contribution in [0.1, 0.15) is 36.2 Å². The highest BCUT2D eigenvalue weighted by molar-refractivity contribution is 5.77. The van der Waals surface area contributed by atoms with Gasteiger partial charge < -0.3 is 5.32 Å². The van der Waals surface area contributed by atoms with E-state index in [-0.39, 0.29) is 30.5 Å². The number of aryl methyl sites for hydroxylation is 2. The highest BCUT2D eigenvalue weighted by Crippen LogP contribution is 2.22. The van der Waals surface area contributed by atoms with E-state index in [1.807, 2.05) is 61.9 Å². The SMILES string of the molecule is Cc1ccccc1-n1ncc([C@H](C)NC(=O)CCn2cnc3ccccc3c2=O)c1C. The molecule has 0 saturated heterocycles. The number of rotatable bonds is 6. The second kappa shape index (κ2) is 8.55. The summed E-state index contributed by atoms with van der Waals surface area (Å²) in [5, 5.41) is 8.09. The first kappa shape index (κ1) is 20.5. The van der Waals surface area contributed by atoms with E-state index >= 15 is 0 Å². The lowest BCUT2D eigenvalue weighted by Gasteiger charge is -2.15. The van der Waals surface area contributed by atoms with Crippen LogP contribution in [0.2, 0.25) is 0 Å². The second-order valence-electron chi connectivity index (χ2n) is 7.68. The van der Waals surface area contributed by atoms with Gasteiger partial charge >= 0.3 is 0 Å². The minimum absolute atomic E-state index is 0.129. The molecule has 7 heteroatoms. The molecular weight excluding hydrogens is 390 g/mol. The molecule has 1 amide bonds. The Morgan fingerprint density at radius 1 is 1.10 bits per heavy atom. The normalized spacial score (nSPS) is 12.1. The van der Waals surface area contributed by atoms with Gasteiger partial charge in [0, 0.05) is 24.2 Å². The van der Waals surface area contributed by atoms with Gasteiger partial charge in [0.2, 0.25) is 5.91 Å². The van der Waals surface area contributed by atoms with Crippen molar-refractivity contribution in [3.05, 3.63) is 88.2 Å². The molecule has 0 aliphatic rings. The molecule has 31 heavy (non-hydrogen) atoms. The maximum Gasteiger partial charge on any atom is 0.261 e. The van der Waals surface area contributed by atoms with Gasteiger partial charge in [-0.05, 0) is 44.5 Å². The molecule has 2 aromatic heterocycles. The van der Waals surface area contributed by atoms with Crippen molar-refractivity contribution in [2.24, 2.45) is 0 Å². The fourth-order valence-corrected chi connectivity index (χ4v) is 3.77. The van der Waals surface area contributed by atoms with Gasteiger partial charge in [0.1, 0.15) is 0 Å². The predicted octanol–water partition coefficient (Wildman–Crippen LogP) is 3.47. The van der Waals surface area contributed by atoms with Gasteiger partial charge in [-0.3, -0.25) is 14.2 Å². The topological polar surface area (TPSA) is 81.8 Å². The van der Waals surface area contributed by atoms with E-state index in [2.05, 4.69) is 15.4 Å². The number of nitrogens with one attached hydrogen (secondary N) is 1. The summed E-state index contributed by atoms with van der Waals surface area (Å²) in [6.45, 7) is 6.26. The molecule has 4 aromatic rings. The average Bonchev–Trinajstić information content (AvgIpc) is 3.15. The van der Waals surface area contributed by atoms with Gasteiger partial charge in [-0.1, -0.05) is 30.3 Å². The lowest BCUT2D eigenvalue weighted by Crippen LogP contribution is -2.29. The van der Waals surface area contributed by atoms with E-state index < -0.39 is 0 Å². The fraction of sp³-hybridized carbons (Fsp3) is 0.250. The molecule has 0 bridgehead atoms. The molecule has 1 atom stereocenters. The molecule has 0 unspecified atom stereocenters. The lowest BCUT2D eigenvalue weighted by atomic mass is 10.1. The molecule has 2 heterocycles. The third kappa shape index (κ3) is 4.12. The van der Waals surface area contributed by atoms with Crippen LogP contribution in [0.15, 0.2) is 65.8 Å². The number of hydrogen-bond donors (Lipinski definition) is 1. The van der Waals surface area contributed by atoms with Crippen molar-refractivity contribution in [1.29, 1.82) is 0 Å². The van der Waals surface area contributed by atoms with Gasteiger partial charge in [-0.2, -0.15) is 5.10 Å². The van der Waals surface area contributed by atoms with Crippen LogP contribution < -0.4 is 10.9 Å². The average molecular weight is 415 g/mol. The number of fused-ring (bicyclic) bond motifs is 1. The van der Waals surface area contributed by atoms with E-state index in [1.165, 1.54) is 10.9 Å². The molecule has 158 valence electrons. The second-order valence-corrected chi connectivity index (χ2v) is 7.68. The van der Waals surface area contributed by atoms with Crippen LogP contribution in [0.25, 0.3) is 16.6 Å². The van der Waals surface area contributed by atoms with Crippen LogP contribution in [0, 0.1) is 13.8 Å². The Kier molecular flexibility index (Phi) is 5.66. The molecule has 4 rings (SSSR count). The standard InChI is InChI=1S/C24H25N5O2/c1-16-8-4-7-11-22(16)29-18(3)20(14-26-29)17(2)27-23(30)12-13-28-15-25-21-10-6-5-9-19(21)24(28)31/h4-11,14-15,17H,12-13H2,1-3H3,(H,27,30)/t17-/m0/s1. The Labute approximate surface area is 180 Å². The summed E-state index contributed by atoms with van der Waals surface area (Å²) in [6.07, 6.45) is 3.48. The first-order valence-electron chi connectivity index (χ1n) is 10.3. The highest BCUT2D eigenvalue weighted by atomic mass is 16.2. The third-order valence-corrected chi connectivity index (χ3v) is 5.55. The van der Waals surface area contributed by atoms with Crippen molar-refractivity contribution in [3.63, 3.8) is 0 Å². The molecule has 0 aliphatic carbocycles. The Morgan fingerprint density at radius 3 is 2.65 bits per heavy atom. The Balaban J connectivity index is 1.43. The van der Waals surface area contributed by atoms with E-state index in [0.29, 0.717) is 10.9 Å². The van der Waals surface area contributed by atoms with Crippen molar-refractivity contribution >= 4 is 16.8 Å². The zero-order valence-corrected chi connectivity index (χ0v) is 17.9. The number of carbonyl (C=O) groups excluding carboxylic acids is 1. The lowest BCUT2D eigenvalue weighted by molar-refractivity contribution is -0.121. The predicted molar refractivity (Wildman–Crippen MR) is 120 cm³/mol. The third-order valence-electron chi connectivity index (χ3n) is 5.55. The smallest absolute Gasteiger partial charge is 0.261 e. The van der Waals surface area contributed by atoms with Crippen LogP contribution >= 0.6 is 0 Å². The molecule has 2 aromatic carbocycles. The van der Waals surface area contributed by atoms with Gasteiger partial charge in [0.15, 0.2) is 0 Å². The maximum absolute atomic E-state index is 12.6. The number of amides is 1. The fourth-order valence-electron chi connectivity index (χ4n) is 3.77. The molecule has 7 nitrogen and oxygen atoms in total.